The molecule has 2 bridgehead atoms. The van der Waals surface area contributed by atoms with Crippen molar-refractivity contribution in [2.24, 2.45) is 0 Å². The van der Waals surface area contributed by atoms with Crippen molar-refractivity contribution in [1.29, 1.82) is 0 Å². The van der Waals surface area contributed by atoms with E-state index in [-0.39, 0.29) is 12.3 Å². The van der Waals surface area contributed by atoms with Crippen LogP contribution in [-0.4, -0.2) is 30.9 Å². The van der Waals surface area contributed by atoms with Gasteiger partial charge in [-0.05, 0) is 19.1 Å². The average molecular weight is 183 g/mol. The highest BCUT2D eigenvalue weighted by Gasteiger charge is 2.46. The zero-order valence-electron chi connectivity index (χ0n) is 7.79. The molecule has 0 aromatic carbocycles. The van der Waals surface area contributed by atoms with Gasteiger partial charge in [-0.3, -0.25) is 4.79 Å². The summed E-state index contributed by atoms with van der Waals surface area (Å²) in [5.41, 5.74) is -0.415. The molecule has 1 fully saturated rings. The molecule has 1 amide bonds. The van der Waals surface area contributed by atoms with Crippen molar-refractivity contribution in [3.05, 3.63) is 12.2 Å². The summed E-state index contributed by atoms with van der Waals surface area (Å²) in [7, 11) is 1.55. The summed E-state index contributed by atoms with van der Waals surface area (Å²) < 4.78 is 10.9. The molecule has 1 saturated heterocycles. The first kappa shape index (κ1) is 8.72. The van der Waals surface area contributed by atoms with Crippen molar-refractivity contribution in [3.63, 3.8) is 0 Å². The largest absolute Gasteiger partial charge is 0.353 e. The molecule has 2 rings (SSSR count). The minimum Gasteiger partial charge on any atom is -0.353 e. The molecular formula is C9H13NO3. The van der Waals surface area contributed by atoms with E-state index in [4.69, 9.17) is 9.47 Å². The van der Waals surface area contributed by atoms with Crippen LogP contribution < -0.4 is 5.32 Å². The molecule has 1 N–H and O–H groups in total. The van der Waals surface area contributed by atoms with E-state index in [9.17, 15) is 4.79 Å². The molecule has 0 radical (unpaired) electrons. The number of carbonyl (C=O) groups excluding carboxylic acids is 1. The lowest BCUT2D eigenvalue weighted by Crippen LogP contribution is -2.37. The van der Waals surface area contributed by atoms with Crippen LogP contribution in [0.3, 0.4) is 0 Å². The molecule has 13 heavy (non-hydrogen) atoms. The van der Waals surface area contributed by atoms with E-state index in [1.165, 1.54) is 0 Å². The van der Waals surface area contributed by atoms with Gasteiger partial charge in [-0.15, -0.1) is 0 Å². The SMILES string of the molecule is CO[C@@]12C=C[C@@](C)(CNC(=O)C1)O2. The van der Waals surface area contributed by atoms with E-state index < -0.39 is 11.4 Å². The lowest BCUT2D eigenvalue weighted by Gasteiger charge is -2.27. The molecule has 0 saturated carbocycles. The smallest absolute Gasteiger partial charge is 0.225 e. The van der Waals surface area contributed by atoms with Gasteiger partial charge in [-0.2, -0.15) is 0 Å². The number of fused-ring (bicyclic) bond motifs is 2. The summed E-state index contributed by atoms with van der Waals surface area (Å²) in [5.74, 6) is -0.870. The standard InChI is InChI=1S/C9H13NO3/c1-8-3-4-9(12-2,13-8)5-7(11)10-6-8/h3-4H,5-6H2,1-2H3,(H,10,11)/t8-,9+/m0/s1. The Morgan fingerprint density at radius 2 is 2.38 bits per heavy atom. The number of rotatable bonds is 1. The normalized spacial score (nSPS) is 43.1. The Labute approximate surface area is 76.9 Å². The first-order valence-electron chi connectivity index (χ1n) is 4.30. The third kappa shape index (κ3) is 1.36. The van der Waals surface area contributed by atoms with Crippen molar-refractivity contribution >= 4 is 5.91 Å². The van der Waals surface area contributed by atoms with Gasteiger partial charge in [0.1, 0.15) is 5.60 Å². The van der Waals surface area contributed by atoms with Gasteiger partial charge < -0.3 is 14.8 Å². The summed E-state index contributed by atoms with van der Waals surface area (Å²) >= 11 is 0. The van der Waals surface area contributed by atoms with Crippen molar-refractivity contribution in [3.8, 4) is 0 Å². The molecule has 0 aromatic rings. The van der Waals surface area contributed by atoms with E-state index in [0.717, 1.165) is 0 Å². The second-order valence-corrected chi connectivity index (χ2v) is 3.72. The van der Waals surface area contributed by atoms with Crippen LogP contribution in [0.5, 0.6) is 0 Å². The van der Waals surface area contributed by atoms with Crippen LogP contribution >= 0.6 is 0 Å². The van der Waals surface area contributed by atoms with E-state index in [2.05, 4.69) is 5.32 Å². The molecule has 2 aliphatic heterocycles. The van der Waals surface area contributed by atoms with E-state index in [1.54, 1.807) is 7.11 Å². The van der Waals surface area contributed by atoms with Gasteiger partial charge in [0.05, 0.1) is 13.0 Å². The van der Waals surface area contributed by atoms with Crippen molar-refractivity contribution in [1.82, 2.24) is 5.32 Å². The molecule has 4 heteroatoms. The van der Waals surface area contributed by atoms with E-state index in [0.29, 0.717) is 6.54 Å². The van der Waals surface area contributed by atoms with Gasteiger partial charge in [0, 0.05) is 7.11 Å². The highest BCUT2D eigenvalue weighted by molar-refractivity contribution is 5.78. The maximum Gasteiger partial charge on any atom is 0.225 e. The Hall–Kier alpha value is -0.870. The van der Waals surface area contributed by atoms with Crippen molar-refractivity contribution < 1.29 is 14.3 Å². The summed E-state index contributed by atoms with van der Waals surface area (Å²) in [4.78, 5) is 11.3. The third-order valence-electron chi connectivity index (χ3n) is 2.48. The van der Waals surface area contributed by atoms with Gasteiger partial charge in [0.15, 0.2) is 5.79 Å². The maximum absolute atomic E-state index is 11.3. The zero-order chi connectivity index (χ0) is 9.53. The number of hydrogen-bond donors (Lipinski definition) is 1. The predicted molar refractivity (Wildman–Crippen MR) is 46.0 cm³/mol. The molecule has 4 nitrogen and oxygen atoms in total. The van der Waals surface area contributed by atoms with Gasteiger partial charge in [0.25, 0.3) is 0 Å². The number of hydrogen-bond acceptors (Lipinski definition) is 3. The highest BCUT2D eigenvalue weighted by atomic mass is 16.7. The fourth-order valence-electron chi connectivity index (χ4n) is 1.70. The highest BCUT2D eigenvalue weighted by Crippen LogP contribution is 2.35. The Morgan fingerprint density at radius 3 is 3.08 bits per heavy atom. The summed E-state index contributed by atoms with van der Waals surface area (Å²) in [6, 6.07) is 0. The van der Waals surface area contributed by atoms with Crippen molar-refractivity contribution in [2.45, 2.75) is 24.7 Å². The summed E-state index contributed by atoms with van der Waals surface area (Å²) in [5, 5.41) is 2.78. The summed E-state index contributed by atoms with van der Waals surface area (Å²) in [6.45, 7) is 2.43. The molecule has 2 aliphatic rings. The Kier molecular flexibility index (Phi) is 1.72. The van der Waals surface area contributed by atoms with Gasteiger partial charge in [0.2, 0.25) is 5.91 Å². The fourth-order valence-corrected chi connectivity index (χ4v) is 1.70. The van der Waals surface area contributed by atoms with Crippen LogP contribution in [0.2, 0.25) is 0 Å². The van der Waals surface area contributed by atoms with E-state index in [1.807, 2.05) is 19.1 Å². The average Bonchev–Trinajstić information content (AvgIpc) is 2.35. The lowest BCUT2D eigenvalue weighted by atomic mass is 10.1. The number of carbonyl (C=O) groups is 1. The monoisotopic (exact) mass is 183 g/mol. The quantitative estimate of drug-likeness (QED) is 0.590. The van der Waals surface area contributed by atoms with Crippen LogP contribution in [0.4, 0.5) is 0 Å². The third-order valence-corrected chi connectivity index (χ3v) is 2.48. The zero-order valence-corrected chi connectivity index (χ0v) is 7.79. The Bertz CT molecular complexity index is 276. The molecule has 72 valence electrons. The van der Waals surface area contributed by atoms with Crippen LogP contribution in [0.15, 0.2) is 12.2 Å². The topological polar surface area (TPSA) is 47.6 Å². The maximum atomic E-state index is 11.3. The van der Waals surface area contributed by atoms with Crippen LogP contribution in [0.1, 0.15) is 13.3 Å². The van der Waals surface area contributed by atoms with Crippen LogP contribution in [0, 0.1) is 0 Å². The Morgan fingerprint density at radius 1 is 1.62 bits per heavy atom. The first-order chi connectivity index (χ1) is 6.08. The summed E-state index contributed by atoms with van der Waals surface area (Å²) in [6.07, 6.45) is 4.00. The van der Waals surface area contributed by atoms with Crippen molar-refractivity contribution in [2.75, 3.05) is 13.7 Å². The first-order valence-corrected chi connectivity index (χ1v) is 4.30. The fraction of sp³-hybridized carbons (Fsp3) is 0.667. The van der Waals surface area contributed by atoms with Crippen LogP contribution in [-0.2, 0) is 14.3 Å². The molecule has 0 spiro atoms. The predicted octanol–water partition coefficient (Wildman–Crippen LogP) is 0.194. The molecule has 0 aromatic heterocycles. The molecule has 2 atom stereocenters. The minimum absolute atomic E-state index is 0.0325. The second-order valence-electron chi connectivity index (χ2n) is 3.72. The lowest BCUT2D eigenvalue weighted by molar-refractivity contribution is -0.212. The van der Waals surface area contributed by atoms with Gasteiger partial charge >= 0.3 is 0 Å². The number of nitrogens with one attached hydrogen (secondary N) is 1. The Balaban J connectivity index is 2.31. The van der Waals surface area contributed by atoms with Gasteiger partial charge in [-0.25, -0.2) is 0 Å². The van der Waals surface area contributed by atoms with E-state index >= 15 is 0 Å². The molecule has 0 unspecified atom stereocenters. The second kappa shape index (κ2) is 2.56. The number of amides is 1. The van der Waals surface area contributed by atoms with Crippen LogP contribution in [0.25, 0.3) is 0 Å². The number of ether oxygens (including phenoxy) is 2. The minimum atomic E-state index is -0.838. The molecular weight excluding hydrogens is 170 g/mol. The van der Waals surface area contributed by atoms with Gasteiger partial charge in [-0.1, -0.05) is 0 Å². The molecule has 0 aliphatic carbocycles. The number of methoxy groups -OCH3 is 1. The molecule has 2 heterocycles.